The molecule has 15 nitrogen and oxygen atoms in total. The first-order chi connectivity index (χ1) is 35.4. The molecule has 0 aromatic heterocycles. The number of carbonyl (C=O) groups is 6. The summed E-state index contributed by atoms with van der Waals surface area (Å²) in [4.78, 5) is 81.5. The van der Waals surface area contributed by atoms with Crippen molar-refractivity contribution in [1.82, 2.24) is 21.3 Å². The zero-order valence-corrected chi connectivity index (χ0v) is 43.2. The molecule has 0 saturated heterocycles. The molecule has 0 heterocycles. The van der Waals surface area contributed by atoms with E-state index in [0.717, 1.165) is 16.7 Å². The molecule has 0 saturated carbocycles. The third-order valence-electron chi connectivity index (χ3n) is 11.0. The first-order valence-electron chi connectivity index (χ1n) is 24.2. The maximum Gasteiger partial charge on any atom is 0.412 e. The number of hydrogen-bond donors (Lipinski definition) is 6. The Labute approximate surface area is 436 Å². The van der Waals surface area contributed by atoms with Crippen LogP contribution < -0.4 is 36.6 Å². The summed E-state index contributed by atoms with van der Waals surface area (Å²) >= 11 is 1.48. The summed E-state index contributed by atoms with van der Waals surface area (Å²) in [6.07, 6.45) is -2.53. The van der Waals surface area contributed by atoms with Crippen LogP contribution >= 0.6 is 11.8 Å². The van der Waals surface area contributed by atoms with E-state index in [9.17, 15) is 28.8 Å². The number of anilines is 2. The van der Waals surface area contributed by atoms with E-state index in [4.69, 9.17) is 14.2 Å². The van der Waals surface area contributed by atoms with Crippen LogP contribution in [0.4, 0.5) is 25.8 Å². The molecule has 6 amide bonds. The van der Waals surface area contributed by atoms with E-state index in [1.165, 1.54) is 23.9 Å². The molecule has 3 atom stereocenters. The second-order valence-electron chi connectivity index (χ2n) is 19.2. The van der Waals surface area contributed by atoms with Gasteiger partial charge in [0.15, 0.2) is 0 Å². The highest BCUT2D eigenvalue weighted by Gasteiger charge is 2.39. The van der Waals surface area contributed by atoms with Crippen LogP contribution in [0.1, 0.15) is 70.2 Å². The fourth-order valence-electron chi connectivity index (χ4n) is 7.70. The minimum absolute atomic E-state index is 0.0768. The normalized spacial score (nSPS) is 12.6. The summed E-state index contributed by atoms with van der Waals surface area (Å²) in [5.74, 6) is -1.41. The number of benzene rings is 6. The van der Waals surface area contributed by atoms with Crippen molar-refractivity contribution >= 4 is 59.1 Å². The van der Waals surface area contributed by atoms with Crippen molar-refractivity contribution in [1.29, 1.82) is 0 Å². The summed E-state index contributed by atoms with van der Waals surface area (Å²) in [5.41, 5.74) is 2.89. The Bertz CT molecular complexity index is 2680. The van der Waals surface area contributed by atoms with Crippen molar-refractivity contribution in [2.45, 2.75) is 88.5 Å². The van der Waals surface area contributed by atoms with Crippen molar-refractivity contribution in [2.75, 3.05) is 22.9 Å². The quantitative estimate of drug-likeness (QED) is 0.0400. The predicted molar refractivity (Wildman–Crippen MR) is 289 cm³/mol. The molecule has 6 N–H and O–H groups in total. The highest BCUT2D eigenvalue weighted by atomic mass is 32.2. The number of thioether (sulfide) groups is 1. The number of rotatable bonds is 20. The summed E-state index contributed by atoms with van der Waals surface area (Å²) in [7, 11) is 0. The van der Waals surface area contributed by atoms with Gasteiger partial charge in [0.2, 0.25) is 17.7 Å². The van der Waals surface area contributed by atoms with Gasteiger partial charge in [0.05, 0.1) is 4.75 Å². The molecule has 386 valence electrons. The van der Waals surface area contributed by atoms with Crippen LogP contribution in [0, 0.1) is 0 Å². The Balaban J connectivity index is 1.17. The standard InChI is InChI=1S/C58H64N6O9S/c1-56(2,3)72-54(69)63-47(36-37-59-53(68)71-46-34-32-40(33-35-46)38-48(64-55(70)73-57(4,5)6)51(66)60-44-28-18-10-19-29-44)50(65)62-49(52(67)61-45-30-20-11-21-31-45)39-74-58(41-22-12-7-13-23-41,42-24-14-8-15-25-42)43-26-16-9-17-27-43/h7-35,47-49H,36-39H2,1-6H3,(H,59,68)(H,60,66)(H,61,67)(H,62,65)(H,63,69)(H,64,70). The zero-order valence-electron chi connectivity index (χ0n) is 42.4. The predicted octanol–water partition coefficient (Wildman–Crippen LogP) is 9.98. The van der Waals surface area contributed by atoms with Gasteiger partial charge in [-0.2, -0.15) is 0 Å². The van der Waals surface area contributed by atoms with Crippen LogP contribution in [0.5, 0.6) is 5.75 Å². The van der Waals surface area contributed by atoms with Crippen LogP contribution in [0.25, 0.3) is 0 Å². The third-order valence-corrected chi connectivity index (χ3v) is 12.7. The Morgan fingerprint density at radius 3 is 1.30 bits per heavy atom. The number of para-hydroxylation sites is 2. The van der Waals surface area contributed by atoms with Crippen LogP contribution in [-0.4, -0.2) is 77.6 Å². The van der Waals surface area contributed by atoms with Crippen molar-refractivity contribution in [3.8, 4) is 5.75 Å². The molecule has 0 bridgehead atoms. The SMILES string of the molecule is CC(C)(C)OC(=O)NC(Cc1ccc(OC(=O)NCCC(NC(=O)OC(C)(C)C)C(=O)NC(CSC(c2ccccc2)(c2ccccc2)c2ccccc2)C(=O)Nc2ccccc2)cc1)C(=O)Nc1ccccc1. The molecular weight excluding hydrogens is 957 g/mol. The highest BCUT2D eigenvalue weighted by molar-refractivity contribution is 8.00. The monoisotopic (exact) mass is 1020 g/mol. The fourth-order valence-corrected chi connectivity index (χ4v) is 9.26. The summed E-state index contributed by atoms with van der Waals surface area (Å²) in [6.45, 7) is 10.1. The third kappa shape index (κ3) is 17.0. The fraction of sp³-hybridized carbons (Fsp3) is 0.276. The molecule has 16 heteroatoms. The van der Waals surface area contributed by atoms with Crippen molar-refractivity contribution < 1.29 is 43.0 Å². The van der Waals surface area contributed by atoms with E-state index in [-0.39, 0.29) is 30.9 Å². The lowest BCUT2D eigenvalue weighted by Crippen LogP contribution is -2.55. The molecule has 0 fully saturated rings. The van der Waals surface area contributed by atoms with Crippen LogP contribution in [0.2, 0.25) is 0 Å². The molecule has 74 heavy (non-hydrogen) atoms. The number of nitrogens with one attached hydrogen (secondary N) is 6. The lowest BCUT2D eigenvalue weighted by atomic mass is 9.84. The van der Waals surface area contributed by atoms with E-state index in [2.05, 4.69) is 31.9 Å². The highest BCUT2D eigenvalue weighted by Crippen LogP contribution is 2.48. The van der Waals surface area contributed by atoms with E-state index < -0.39 is 70.1 Å². The average Bonchev–Trinajstić information content (AvgIpc) is 3.36. The van der Waals surface area contributed by atoms with Gasteiger partial charge >= 0.3 is 18.3 Å². The lowest BCUT2D eigenvalue weighted by molar-refractivity contribution is -0.127. The maximum absolute atomic E-state index is 14.5. The van der Waals surface area contributed by atoms with Crippen LogP contribution in [0.15, 0.2) is 176 Å². The second kappa shape index (κ2) is 26.0. The Morgan fingerprint density at radius 1 is 0.459 bits per heavy atom. The Kier molecular flexibility index (Phi) is 19.4. The number of hydrogen-bond acceptors (Lipinski definition) is 10. The van der Waals surface area contributed by atoms with Gasteiger partial charge < -0.3 is 46.1 Å². The smallest absolute Gasteiger partial charge is 0.412 e. The van der Waals surface area contributed by atoms with E-state index in [1.807, 2.05) is 103 Å². The molecule has 0 spiro atoms. The van der Waals surface area contributed by atoms with Gasteiger partial charge in [-0.05, 0) is 107 Å². The van der Waals surface area contributed by atoms with Crippen molar-refractivity contribution in [2.24, 2.45) is 0 Å². The summed E-state index contributed by atoms with van der Waals surface area (Å²) in [5, 5.41) is 16.6. The molecule has 6 aromatic rings. The minimum atomic E-state index is -1.29. The second-order valence-corrected chi connectivity index (χ2v) is 20.4. The first-order valence-corrected chi connectivity index (χ1v) is 25.2. The Morgan fingerprint density at radius 2 is 0.865 bits per heavy atom. The molecule has 3 unspecified atom stereocenters. The lowest BCUT2D eigenvalue weighted by Gasteiger charge is -2.36. The molecule has 0 aliphatic heterocycles. The summed E-state index contributed by atoms with van der Waals surface area (Å²) < 4.78 is 15.7. The van der Waals surface area contributed by atoms with E-state index in [0.29, 0.717) is 16.9 Å². The van der Waals surface area contributed by atoms with Gasteiger partial charge in [-0.1, -0.05) is 140 Å². The largest absolute Gasteiger partial charge is 0.444 e. The zero-order chi connectivity index (χ0) is 53.1. The molecule has 6 rings (SSSR count). The molecule has 0 aliphatic rings. The van der Waals surface area contributed by atoms with E-state index in [1.54, 1.807) is 102 Å². The Hall–Kier alpha value is -8.11. The van der Waals surface area contributed by atoms with Gasteiger partial charge in [0, 0.05) is 30.1 Å². The van der Waals surface area contributed by atoms with Crippen molar-refractivity contribution in [3.05, 3.63) is 198 Å². The molecular formula is C58H64N6O9S. The van der Waals surface area contributed by atoms with Crippen LogP contribution in [0.3, 0.4) is 0 Å². The van der Waals surface area contributed by atoms with Gasteiger partial charge in [-0.15, -0.1) is 11.8 Å². The minimum Gasteiger partial charge on any atom is -0.444 e. The molecule has 0 radical (unpaired) electrons. The average molecular weight is 1020 g/mol. The first kappa shape index (κ1) is 55.2. The van der Waals surface area contributed by atoms with Gasteiger partial charge in [-0.3, -0.25) is 14.4 Å². The van der Waals surface area contributed by atoms with Gasteiger partial charge in [-0.25, -0.2) is 14.4 Å². The number of ether oxygens (including phenoxy) is 3. The molecule has 6 aromatic carbocycles. The molecule has 0 aliphatic carbocycles. The number of amides is 6. The van der Waals surface area contributed by atoms with Gasteiger partial charge in [0.1, 0.15) is 35.1 Å². The van der Waals surface area contributed by atoms with E-state index >= 15 is 0 Å². The van der Waals surface area contributed by atoms with Crippen LogP contribution in [-0.2, 0) is 35.0 Å². The number of alkyl carbamates (subject to hydrolysis) is 2. The van der Waals surface area contributed by atoms with Gasteiger partial charge in [0.25, 0.3) is 0 Å². The number of carbonyl (C=O) groups excluding carboxylic acids is 6. The van der Waals surface area contributed by atoms with Crippen molar-refractivity contribution in [3.63, 3.8) is 0 Å². The maximum atomic E-state index is 14.5. The summed E-state index contributed by atoms with van der Waals surface area (Å²) in [6, 6.07) is 50.5. The topological polar surface area (TPSA) is 202 Å².